The Morgan fingerprint density at radius 1 is 0.974 bits per heavy atom. The number of pyridine rings is 2. The predicted molar refractivity (Wildman–Crippen MR) is 131 cm³/mol. The fourth-order valence-corrected chi connectivity index (χ4v) is 4.44. The number of piperazine rings is 1. The molecule has 1 fully saturated rings. The van der Waals surface area contributed by atoms with E-state index in [1.54, 1.807) is 4.90 Å². The van der Waals surface area contributed by atoms with Crippen LogP contribution in [0.15, 0.2) is 46.2 Å². The second kappa shape index (κ2) is 10.0. The van der Waals surface area contributed by atoms with Gasteiger partial charge in [0.1, 0.15) is 5.82 Å². The van der Waals surface area contributed by atoms with Gasteiger partial charge in [0.05, 0.1) is 22.5 Å². The molecule has 8 nitrogen and oxygen atoms in total. The van der Waals surface area contributed by atoms with Gasteiger partial charge in [0.15, 0.2) is 5.82 Å². The number of anilines is 2. The quantitative estimate of drug-likeness (QED) is 0.440. The molecule has 1 aliphatic rings. The summed E-state index contributed by atoms with van der Waals surface area (Å²) < 4.78 is 70.0. The van der Waals surface area contributed by atoms with Gasteiger partial charge in [0, 0.05) is 54.8 Å². The maximum atomic E-state index is 15.3. The second-order valence-corrected chi connectivity index (χ2v) is 9.26. The average Bonchev–Trinajstić information content (AvgIpc) is 2.84. The van der Waals surface area contributed by atoms with Crippen LogP contribution >= 0.6 is 0 Å². The van der Waals surface area contributed by atoms with Gasteiger partial charge in [-0.15, -0.1) is 0 Å². The molecule has 1 saturated heterocycles. The van der Waals surface area contributed by atoms with Gasteiger partial charge in [-0.05, 0) is 39.1 Å². The highest BCUT2D eigenvalue weighted by Gasteiger charge is 2.36. The molecule has 3 aromatic rings. The van der Waals surface area contributed by atoms with E-state index in [-0.39, 0.29) is 40.7 Å². The number of carbonyl (C=O) groups is 1. The van der Waals surface area contributed by atoms with Crippen molar-refractivity contribution in [2.24, 2.45) is 0 Å². The highest BCUT2D eigenvalue weighted by molar-refractivity contribution is 6.07. The lowest BCUT2D eigenvalue weighted by Crippen LogP contribution is -2.55. The van der Waals surface area contributed by atoms with Gasteiger partial charge >= 0.3 is 6.18 Å². The highest BCUT2D eigenvalue weighted by atomic mass is 19.4. The van der Waals surface area contributed by atoms with E-state index in [4.69, 9.17) is 0 Å². The fourth-order valence-electron chi connectivity index (χ4n) is 4.44. The molecule has 0 bridgehead atoms. The number of H-pyrrole nitrogens is 2. The van der Waals surface area contributed by atoms with Crippen LogP contribution in [0.1, 0.15) is 29.8 Å². The van der Waals surface area contributed by atoms with Gasteiger partial charge in [-0.2, -0.15) is 13.2 Å². The second-order valence-electron chi connectivity index (χ2n) is 9.26. The number of nitrogens with zero attached hydrogens (tertiary/aromatic N) is 2. The van der Waals surface area contributed by atoms with Crippen LogP contribution in [-0.2, 0) is 6.18 Å². The number of hydrogen-bond donors (Lipinski definition) is 3. The van der Waals surface area contributed by atoms with Crippen LogP contribution < -0.4 is 21.3 Å². The first-order chi connectivity index (χ1) is 17.8. The molecule has 2 atom stereocenters. The van der Waals surface area contributed by atoms with Crippen molar-refractivity contribution in [1.29, 1.82) is 0 Å². The van der Waals surface area contributed by atoms with E-state index in [1.165, 1.54) is 6.07 Å². The van der Waals surface area contributed by atoms with Crippen LogP contribution in [0.2, 0.25) is 0 Å². The lowest BCUT2D eigenvalue weighted by Gasteiger charge is -2.44. The molecule has 1 aliphatic heterocycles. The molecular weight excluding hydrogens is 513 g/mol. The number of rotatable bonds is 4. The third kappa shape index (κ3) is 5.32. The number of benzene rings is 1. The van der Waals surface area contributed by atoms with Gasteiger partial charge in [-0.1, -0.05) is 0 Å². The molecule has 202 valence electrons. The number of aromatic nitrogens is 2. The van der Waals surface area contributed by atoms with E-state index in [0.29, 0.717) is 19.3 Å². The summed E-state index contributed by atoms with van der Waals surface area (Å²) in [5.74, 6) is -3.17. The molecule has 3 N–H and O–H groups in total. The monoisotopic (exact) mass is 537 g/mol. The lowest BCUT2D eigenvalue weighted by molar-refractivity contribution is -0.138. The van der Waals surface area contributed by atoms with Crippen molar-refractivity contribution in [1.82, 2.24) is 14.9 Å². The number of hydrogen-bond acceptors (Lipinski definition) is 5. The minimum atomic E-state index is -4.99. The summed E-state index contributed by atoms with van der Waals surface area (Å²) in [6.07, 6.45) is -3.26. The Morgan fingerprint density at radius 2 is 1.63 bits per heavy atom. The van der Waals surface area contributed by atoms with Crippen molar-refractivity contribution >= 4 is 17.3 Å². The average molecular weight is 537 g/mol. The lowest BCUT2D eigenvalue weighted by atomic mass is 10.0. The molecule has 38 heavy (non-hydrogen) atoms. The molecule has 0 spiro atoms. The van der Waals surface area contributed by atoms with E-state index in [1.807, 2.05) is 20.9 Å². The summed E-state index contributed by atoms with van der Waals surface area (Å²) in [5.41, 5.74) is -4.43. The van der Waals surface area contributed by atoms with Gasteiger partial charge in [-0.25, -0.2) is 8.78 Å². The SMILES string of the molecule is CC1CN(c2cc(F)c(-c3c[nH]c(=O)c(F)c3)cc2NC(=O)c2c[nH]c(=O)cc2C(F)(F)F)CC(C)N1C. The van der Waals surface area contributed by atoms with E-state index >= 15 is 4.39 Å². The van der Waals surface area contributed by atoms with E-state index in [2.05, 4.69) is 20.2 Å². The molecule has 0 aliphatic carbocycles. The Balaban J connectivity index is 1.84. The van der Waals surface area contributed by atoms with Crippen LogP contribution in [0.25, 0.3) is 11.1 Å². The molecule has 1 aromatic carbocycles. The van der Waals surface area contributed by atoms with Crippen molar-refractivity contribution in [2.75, 3.05) is 30.4 Å². The standard InChI is InChI=1S/C25H24F5N5O3/c1-12-10-35(11-13(2)34(12)3)21-7-18(26)15(14-4-19(27)24(38)32-8-14)5-20(21)33-23(37)16-9-31-22(36)6-17(16)25(28,29)30/h4-9,12-13H,10-11H2,1-3H3,(H,31,36)(H,32,38)(H,33,37). The predicted octanol–water partition coefficient (Wildman–Crippen LogP) is 3.81. The molecule has 0 saturated carbocycles. The molecule has 2 aromatic heterocycles. The smallest absolute Gasteiger partial charge is 0.367 e. The number of likely N-dealkylation sites (N-methyl/N-ethyl adjacent to an activating group) is 1. The van der Waals surface area contributed by atoms with Crippen molar-refractivity contribution < 1.29 is 26.7 Å². The largest absolute Gasteiger partial charge is 0.417 e. The summed E-state index contributed by atoms with van der Waals surface area (Å²) in [5, 5.41) is 2.41. The normalized spacial score (nSPS) is 18.5. The molecular formula is C25H24F5N5O3. The molecule has 4 rings (SSSR count). The highest BCUT2D eigenvalue weighted by Crippen LogP contribution is 2.37. The van der Waals surface area contributed by atoms with Crippen LogP contribution in [0.4, 0.5) is 33.3 Å². The molecule has 1 amide bonds. The molecule has 13 heteroatoms. The molecule has 3 heterocycles. The summed E-state index contributed by atoms with van der Waals surface area (Å²) >= 11 is 0. The maximum Gasteiger partial charge on any atom is 0.417 e. The first-order valence-corrected chi connectivity index (χ1v) is 11.6. The number of aromatic amines is 2. The third-order valence-corrected chi connectivity index (χ3v) is 6.68. The number of halogens is 5. The Bertz CT molecular complexity index is 1490. The van der Waals surface area contributed by atoms with Gasteiger partial charge in [-0.3, -0.25) is 19.3 Å². The number of amides is 1. The number of carbonyl (C=O) groups excluding carboxylic acids is 1. The van der Waals surface area contributed by atoms with Crippen molar-refractivity contribution in [3.8, 4) is 11.1 Å². The maximum absolute atomic E-state index is 15.3. The van der Waals surface area contributed by atoms with Crippen LogP contribution in [0, 0.1) is 11.6 Å². The summed E-state index contributed by atoms with van der Waals surface area (Å²) in [4.78, 5) is 44.1. The molecule has 2 unspecified atom stereocenters. The zero-order chi connectivity index (χ0) is 27.9. The first-order valence-electron chi connectivity index (χ1n) is 11.6. The number of nitrogens with one attached hydrogen (secondary N) is 3. The Kier molecular flexibility index (Phi) is 7.15. The Morgan fingerprint density at radius 3 is 2.24 bits per heavy atom. The summed E-state index contributed by atoms with van der Waals surface area (Å²) in [6.45, 7) is 4.74. The first kappa shape index (κ1) is 27.0. The minimum absolute atomic E-state index is 0.0226. The zero-order valence-corrected chi connectivity index (χ0v) is 20.5. The van der Waals surface area contributed by atoms with Crippen LogP contribution in [-0.4, -0.2) is 53.0 Å². The van der Waals surface area contributed by atoms with E-state index < -0.39 is 46.0 Å². The summed E-state index contributed by atoms with van der Waals surface area (Å²) in [7, 11) is 1.93. The molecule has 0 radical (unpaired) electrons. The van der Waals surface area contributed by atoms with Crippen molar-refractivity contribution in [2.45, 2.75) is 32.1 Å². The Labute approximate surface area is 213 Å². The van der Waals surface area contributed by atoms with Gasteiger partial charge < -0.3 is 20.2 Å². The van der Waals surface area contributed by atoms with Gasteiger partial charge in [0.25, 0.3) is 11.5 Å². The number of alkyl halides is 3. The zero-order valence-electron chi connectivity index (χ0n) is 20.5. The van der Waals surface area contributed by atoms with Crippen LogP contribution in [0.3, 0.4) is 0 Å². The van der Waals surface area contributed by atoms with Gasteiger partial charge in [0.2, 0.25) is 5.56 Å². The topological polar surface area (TPSA) is 101 Å². The van der Waals surface area contributed by atoms with E-state index in [0.717, 1.165) is 18.3 Å². The fraction of sp³-hybridized carbons (Fsp3) is 0.320. The van der Waals surface area contributed by atoms with Crippen molar-refractivity contribution in [3.05, 3.63) is 80.1 Å². The Hall–Kier alpha value is -4.00. The van der Waals surface area contributed by atoms with Crippen molar-refractivity contribution in [3.63, 3.8) is 0 Å². The van der Waals surface area contributed by atoms with Crippen LogP contribution in [0.5, 0.6) is 0 Å². The summed E-state index contributed by atoms with van der Waals surface area (Å²) in [6, 6.07) is 3.41. The minimum Gasteiger partial charge on any atom is -0.367 e. The van der Waals surface area contributed by atoms with E-state index in [9.17, 15) is 31.9 Å². The third-order valence-electron chi connectivity index (χ3n) is 6.68.